The molecule has 0 amide bonds. The number of allylic oxidation sites excluding steroid dienone is 1. The first-order valence-corrected chi connectivity index (χ1v) is 5.81. The predicted molar refractivity (Wildman–Crippen MR) is 68.2 cm³/mol. The van der Waals surface area contributed by atoms with Crippen LogP contribution in [0.15, 0.2) is 17.3 Å². The summed E-state index contributed by atoms with van der Waals surface area (Å²) >= 11 is 0. The highest BCUT2D eigenvalue weighted by Gasteiger charge is 2.39. The van der Waals surface area contributed by atoms with Gasteiger partial charge in [-0.05, 0) is 17.3 Å². The predicted octanol–water partition coefficient (Wildman–Crippen LogP) is 4.44. The summed E-state index contributed by atoms with van der Waals surface area (Å²) in [5, 5.41) is 0. The molecule has 0 radical (unpaired) electrons. The Kier molecular flexibility index (Phi) is 2.88. The van der Waals surface area contributed by atoms with E-state index in [1.54, 1.807) is 0 Å². The summed E-state index contributed by atoms with van der Waals surface area (Å²) in [6, 6.07) is 0. The van der Waals surface area contributed by atoms with Crippen LogP contribution in [-0.4, -0.2) is 5.71 Å². The Labute approximate surface area is 94.7 Å². The molecule has 0 aromatic heterocycles. The van der Waals surface area contributed by atoms with Crippen LogP contribution in [0.3, 0.4) is 0 Å². The van der Waals surface area contributed by atoms with Crippen molar-refractivity contribution in [1.29, 1.82) is 0 Å². The van der Waals surface area contributed by atoms with Crippen LogP contribution in [0.25, 0.3) is 0 Å². The van der Waals surface area contributed by atoms with Gasteiger partial charge >= 0.3 is 0 Å². The Morgan fingerprint density at radius 3 is 2.07 bits per heavy atom. The zero-order valence-electron chi connectivity index (χ0n) is 11.3. The molecule has 1 unspecified atom stereocenters. The topological polar surface area (TPSA) is 12.4 Å². The van der Waals surface area contributed by atoms with Gasteiger partial charge in [-0.3, -0.25) is 4.99 Å². The molecule has 0 saturated carbocycles. The van der Waals surface area contributed by atoms with Crippen LogP contribution in [0.4, 0.5) is 0 Å². The number of hydrogen-bond donors (Lipinski definition) is 0. The molecular weight excluding hydrogens is 182 g/mol. The Morgan fingerprint density at radius 2 is 1.67 bits per heavy atom. The molecule has 0 fully saturated rings. The Hall–Kier alpha value is -0.590. The molecular formula is C14H25N. The first kappa shape index (κ1) is 12.5. The summed E-state index contributed by atoms with van der Waals surface area (Å²) in [7, 11) is 0. The second kappa shape index (κ2) is 3.47. The summed E-state index contributed by atoms with van der Waals surface area (Å²) in [4.78, 5) is 4.55. The van der Waals surface area contributed by atoms with Crippen molar-refractivity contribution in [2.45, 2.75) is 54.9 Å². The summed E-state index contributed by atoms with van der Waals surface area (Å²) in [6.07, 6.45) is 5.34. The van der Waals surface area contributed by atoms with Gasteiger partial charge in [-0.1, -0.05) is 54.5 Å². The van der Waals surface area contributed by atoms with E-state index in [0.29, 0.717) is 0 Å². The molecule has 0 aromatic rings. The van der Waals surface area contributed by atoms with E-state index in [1.165, 1.54) is 5.71 Å². The van der Waals surface area contributed by atoms with Gasteiger partial charge in [0.15, 0.2) is 0 Å². The summed E-state index contributed by atoms with van der Waals surface area (Å²) in [6.45, 7) is 16.0. The summed E-state index contributed by atoms with van der Waals surface area (Å²) < 4.78 is 0. The van der Waals surface area contributed by atoms with Crippen LogP contribution in [0.1, 0.15) is 54.9 Å². The first-order valence-electron chi connectivity index (χ1n) is 5.81. The maximum atomic E-state index is 4.55. The molecule has 0 spiro atoms. The quantitative estimate of drug-likeness (QED) is 0.556. The molecule has 0 saturated heterocycles. The number of hydrogen-bond acceptors (Lipinski definition) is 1. The molecule has 1 atom stereocenters. The lowest BCUT2D eigenvalue weighted by atomic mass is 9.62. The fourth-order valence-electron chi connectivity index (χ4n) is 1.72. The van der Waals surface area contributed by atoms with Crippen molar-refractivity contribution in [3.8, 4) is 0 Å². The molecule has 1 nitrogen and oxygen atoms in total. The lowest BCUT2D eigenvalue weighted by Gasteiger charge is -2.43. The largest absolute Gasteiger partial charge is 0.265 e. The van der Waals surface area contributed by atoms with Gasteiger partial charge in [-0.2, -0.15) is 0 Å². The van der Waals surface area contributed by atoms with Gasteiger partial charge in [0.25, 0.3) is 0 Å². The normalized spacial score (nSPS) is 27.8. The van der Waals surface area contributed by atoms with Crippen LogP contribution in [0.5, 0.6) is 0 Å². The summed E-state index contributed by atoms with van der Waals surface area (Å²) in [5.41, 5.74) is 2.03. The third-order valence-corrected chi connectivity index (χ3v) is 3.79. The lowest BCUT2D eigenvalue weighted by Crippen LogP contribution is -2.38. The molecule has 0 bridgehead atoms. The van der Waals surface area contributed by atoms with E-state index < -0.39 is 0 Å². The van der Waals surface area contributed by atoms with Crippen molar-refractivity contribution >= 4 is 5.71 Å². The van der Waals surface area contributed by atoms with Crippen molar-refractivity contribution in [3.63, 3.8) is 0 Å². The monoisotopic (exact) mass is 207 g/mol. The van der Waals surface area contributed by atoms with E-state index in [9.17, 15) is 0 Å². The van der Waals surface area contributed by atoms with Crippen LogP contribution in [0.2, 0.25) is 0 Å². The van der Waals surface area contributed by atoms with Crippen molar-refractivity contribution in [3.05, 3.63) is 12.3 Å². The van der Waals surface area contributed by atoms with Crippen LogP contribution < -0.4 is 0 Å². The second-order valence-corrected chi connectivity index (χ2v) is 6.99. The molecule has 0 N–H and O–H groups in total. The standard InChI is InChI=1S/C14H25N/c1-12(2,3)11-10-14(7,8-9-15-11)13(4,5)6/h8-9H,10H2,1-7H3. The van der Waals surface area contributed by atoms with E-state index in [4.69, 9.17) is 0 Å². The smallest absolute Gasteiger partial charge is 0.0241 e. The van der Waals surface area contributed by atoms with Gasteiger partial charge < -0.3 is 0 Å². The van der Waals surface area contributed by atoms with E-state index in [-0.39, 0.29) is 16.2 Å². The Balaban J connectivity index is 2.99. The zero-order chi connectivity index (χ0) is 11.9. The fourth-order valence-corrected chi connectivity index (χ4v) is 1.72. The van der Waals surface area contributed by atoms with Gasteiger partial charge in [0.05, 0.1) is 0 Å². The molecule has 0 aromatic carbocycles. The highest BCUT2D eigenvalue weighted by molar-refractivity contribution is 5.91. The third kappa shape index (κ3) is 2.50. The van der Waals surface area contributed by atoms with Crippen molar-refractivity contribution < 1.29 is 0 Å². The van der Waals surface area contributed by atoms with Gasteiger partial charge in [0, 0.05) is 17.3 Å². The van der Waals surface area contributed by atoms with Crippen molar-refractivity contribution in [2.24, 2.45) is 21.2 Å². The molecule has 1 heteroatoms. The maximum absolute atomic E-state index is 4.55. The molecule has 86 valence electrons. The first-order chi connectivity index (χ1) is 6.56. The second-order valence-electron chi connectivity index (χ2n) is 6.99. The van der Waals surface area contributed by atoms with Gasteiger partial charge in [-0.25, -0.2) is 0 Å². The SMILES string of the molecule is CC(C)(C)C1=NC=CC(C)(C(C)(C)C)C1. The zero-order valence-corrected chi connectivity index (χ0v) is 11.3. The average Bonchev–Trinajstić information content (AvgIpc) is 2.00. The van der Waals surface area contributed by atoms with E-state index in [1.807, 2.05) is 6.20 Å². The third-order valence-electron chi connectivity index (χ3n) is 3.79. The minimum Gasteiger partial charge on any atom is -0.265 e. The maximum Gasteiger partial charge on any atom is 0.0241 e. The number of rotatable bonds is 0. The van der Waals surface area contributed by atoms with Crippen molar-refractivity contribution in [1.82, 2.24) is 0 Å². The van der Waals surface area contributed by atoms with E-state index in [0.717, 1.165) is 6.42 Å². The Bertz CT molecular complexity index is 296. The van der Waals surface area contributed by atoms with Crippen LogP contribution in [0, 0.1) is 16.2 Å². The average molecular weight is 207 g/mol. The molecule has 1 aliphatic heterocycles. The minimum absolute atomic E-state index is 0.192. The Morgan fingerprint density at radius 1 is 1.13 bits per heavy atom. The van der Waals surface area contributed by atoms with E-state index in [2.05, 4.69) is 59.5 Å². The molecule has 1 rings (SSSR count). The van der Waals surface area contributed by atoms with E-state index >= 15 is 0 Å². The van der Waals surface area contributed by atoms with Gasteiger partial charge in [-0.15, -0.1) is 0 Å². The molecule has 15 heavy (non-hydrogen) atoms. The number of nitrogens with zero attached hydrogens (tertiary/aromatic N) is 1. The number of aliphatic imine (C=N–C) groups is 1. The molecule has 1 heterocycles. The summed E-state index contributed by atoms with van der Waals surface area (Å²) in [5.74, 6) is 0. The van der Waals surface area contributed by atoms with Crippen LogP contribution >= 0.6 is 0 Å². The minimum atomic E-state index is 0.192. The molecule has 0 aliphatic carbocycles. The lowest BCUT2D eigenvalue weighted by molar-refractivity contribution is 0.172. The highest BCUT2D eigenvalue weighted by atomic mass is 14.8. The fraction of sp³-hybridized carbons (Fsp3) is 0.786. The van der Waals surface area contributed by atoms with Gasteiger partial charge in [0.2, 0.25) is 0 Å². The van der Waals surface area contributed by atoms with Crippen LogP contribution in [-0.2, 0) is 0 Å². The van der Waals surface area contributed by atoms with Gasteiger partial charge in [0.1, 0.15) is 0 Å². The highest BCUT2D eigenvalue weighted by Crippen LogP contribution is 2.46. The molecule has 1 aliphatic rings. The van der Waals surface area contributed by atoms with Crippen molar-refractivity contribution in [2.75, 3.05) is 0 Å².